The van der Waals surface area contributed by atoms with Gasteiger partial charge >= 0.3 is 5.97 Å². The van der Waals surface area contributed by atoms with Crippen molar-refractivity contribution in [1.29, 1.82) is 0 Å². The maximum Gasteiger partial charge on any atom is 0.310 e. The van der Waals surface area contributed by atoms with Gasteiger partial charge in [-0.25, -0.2) is 0 Å². The molecule has 140 valence electrons. The SMILES string of the molecule is CN1CCN(CC2C(=O)O[C@@H]3C[C@@]4(C)CCC[C@]5(CO5)C4C[C@H]23)CC1. The van der Waals surface area contributed by atoms with Gasteiger partial charge in [0.1, 0.15) is 6.10 Å². The Morgan fingerprint density at radius 1 is 1.20 bits per heavy atom. The molecular weight excluding hydrogens is 316 g/mol. The van der Waals surface area contributed by atoms with Gasteiger partial charge in [0.2, 0.25) is 0 Å². The molecule has 0 N–H and O–H groups in total. The normalized spacial score (nSPS) is 50.4. The van der Waals surface area contributed by atoms with E-state index in [0.29, 0.717) is 17.3 Å². The highest BCUT2D eigenvalue weighted by molar-refractivity contribution is 5.75. The van der Waals surface area contributed by atoms with Gasteiger partial charge in [-0.3, -0.25) is 9.69 Å². The molecule has 2 unspecified atom stereocenters. The number of esters is 1. The van der Waals surface area contributed by atoms with Gasteiger partial charge in [0.15, 0.2) is 0 Å². The fraction of sp³-hybridized carbons (Fsp3) is 0.950. The lowest BCUT2D eigenvalue weighted by molar-refractivity contribution is -0.147. The molecule has 2 aliphatic carbocycles. The monoisotopic (exact) mass is 348 g/mol. The van der Waals surface area contributed by atoms with Crippen molar-refractivity contribution in [2.75, 3.05) is 46.4 Å². The average Bonchev–Trinajstić information content (AvgIpc) is 3.28. The predicted octanol–water partition coefficient (Wildman–Crippen LogP) is 1.76. The molecular formula is C20H32N2O3. The minimum absolute atomic E-state index is 0.0712. The van der Waals surface area contributed by atoms with Crippen LogP contribution in [-0.4, -0.2) is 73.9 Å². The highest BCUT2D eigenvalue weighted by atomic mass is 16.6. The van der Waals surface area contributed by atoms with Gasteiger partial charge in [-0.2, -0.15) is 0 Å². The van der Waals surface area contributed by atoms with Gasteiger partial charge in [0, 0.05) is 38.6 Å². The third kappa shape index (κ3) is 2.65. The van der Waals surface area contributed by atoms with Crippen LogP contribution in [0, 0.1) is 23.2 Å². The third-order valence-electron chi connectivity index (χ3n) is 8.13. The second-order valence-electron chi connectivity index (χ2n) is 9.70. The minimum Gasteiger partial charge on any atom is -0.462 e. The van der Waals surface area contributed by atoms with Gasteiger partial charge in [-0.1, -0.05) is 6.92 Å². The lowest BCUT2D eigenvalue weighted by Crippen LogP contribution is -2.52. The maximum absolute atomic E-state index is 12.7. The number of rotatable bonds is 2. The van der Waals surface area contributed by atoms with Gasteiger partial charge in [0.25, 0.3) is 0 Å². The van der Waals surface area contributed by atoms with Crippen LogP contribution in [0.2, 0.25) is 0 Å². The molecule has 5 rings (SSSR count). The van der Waals surface area contributed by atoms with E-state index in [1.165, 1.54) is 19.3 Å². The van der Waals surface area contributed by atoms with Crippen LogP contribution >= 0.6 is 0 Å². The molecule has 5 heteroatoms. The highest BCUT2D eigenvalue weighted by Gasteiger charge is 2.65. The summed E-state index contributed by atoms with van der Waals surface area (Å²) in [6.07, 6.45) is 6.10. The molecule has 0 bridgehead atoms. The van der Waals surface area contributed by atoms with E-state index in [1.807, 2.05) is 0 Å². The fourth-order valence-electron chi connectivity index (χ4n) is 6.47. The van der Waals surface area contributed by atoms with E-state index in [0.717, 1.165) is 52.2 Å². The zero-order valence-electron chi connectivity index (χ0n) is 15.7. The lowest BCUT2D eigenvalue weighted by atomic mass is 9.53. The molecule has 1 spiro atoms. The number of carbonyl (C=O) groups is 1. The third-order valence-corrected chi connectivity index (χ3v) is 8.13. The predicted molar refractivity (Wildman–Crippen MR) is 94.2 cm³/mol. The average molecular weight is 348 g/mol. The molecule has 0 aromatic carbocycles. The quantitative estimate of drug-likeness (QED) is 0.562. The summed E-state index contributed by atoms with van der Waals surface area (Å²) in [5.74, 6) is 1.18. The standard InChI is InChI=1S/C20H32N2O3/c1-19-4-3-5-20(13-24-20)17(19)10-14-15(18(23)25-16(14)11-19)12-22-8-6-21(2)7-9-22/h14-17H,3-13H2,1-2H3/t14-,15?,16-,17?,19-,20+/m1/s1. The number of nitrogens with zero attached hydrogens (tertiary/aromatic N) is 2. The first kappa shape index (κ1) is 16.5. The molecule has 5 fully saturated rings. The highest BCUT2D eigenvalue weighted by Crippen LogP contribution is 2.62. The second-order valence-corrected chi connectivity index (χ2v) is 9.70. The summed E-state index contributed by atoms with van der Waals surface area (Å²) in [6.45, 7) is 8.63. The molecule has 3 saturated heterocycles. The Kier molecular flexibility index (Phi) is 3.75. The molecule has 3 heterocycles. The Hall–Kier alpha value is -0.650. The van der Waals surface area contributed by atoms with E-state index in [-0.39, 0.29) is 23.6 Å². The summed E-state index contributed by atoms with van der Waals surface area (Å²) >= 11 is 0. The zero-order valence-corrected chi connectivity index (χ0v) is 15.7. The van der Waals surface area contributed by atoms with Crippen LogP contribution in [0.5, 0.6) is 0 Å². The zero-order chi connectivity index (χ0) is 17.2. The van der Waals surface area contributed by atoms with Gasteiger partial charge < -0.3 is 14.4 Å². The topological polar surface area (TPSA) is 45.3 Å². The lowest BCUT2D eigenvalue weighted by Gasteiger charge is -2.51. The van der Waals surface area contributed by atoms with Crippen molar-refractivity contribution in [3.63, 3.8) is 0 Å². The number of likely N-dealkylation sites (N-methyl/N-ethyl adjacent to an activating group) is 1. The summed E-state index contributed by atoms with van der Waals surface area (Å²) in [5.41, 5.74) is 0.459. The number of epoxide rings is 1. The number of carbonyl (C=O) groups excluding carboxylic acids is 1. The molecule has 0 aromatic heterocycles. The van der Waals surface area contributed by atoms with E-state index in [9.17, 15) is 4.79 Å². The van der Waals surface area contributed by atoms with E-state index >= 15 is 0 Å². The first-order chi connectivity index (χ1) is 12.0. The van der Waals surface area contributed by atoms with E-state index in [4.69, 9.17) is 9.47 Å². The van der Waals surface area contributed by atoms with Crippen LogP contribution in [0.25, 0.3) is 0 Å². The summed E-state index contributed by atoms with van der Waals surface area (Å²) in [4.78, 5) is 17.5. The molecule has 0 radical (unpaired) electrons. The van der Waals surface area contributed by atoms with Crippen molar-refractivity contribution in [3.8, 4) is 0 Å². The molecule has 0 amide bonds. The van der Waals surface area contributed by atoms with Crippen LogP contribution in [0.3, 0.4) is 0 Å². The maximum atomic E-state index is 12.7. The molecule has 3 aliphatic heterocycles. The largest absolute Gasteiger partial charge is 0.462 e. The van der Waals surface area contributed by atoms with Crippen molar-refractivity contribution >= 4 is 5.97 Å². The number of ether oxygens (including phenoxy) is 2. The second kappa shape index (κ2) is 5.67. The Labute approximate surface area is 151 Å². The van der Waals surface area contributed by atoms with Crippen molar-refractivity contribution in [1.82, 2.24) is 9.80 Å². The Morgan fingerprint density at radius 3 is 2.68 bits per heavy atom. The fourth-order valence-corrected chi connectivity index (χ4v) is 6.47. The van der Waals surface area contributed by atoms with Crippen molar-refractivity contribution < 1.29 is 14.3 Å². The van der Waals surface area contributed by atoms with Gasteiger partial charge in [-0.15, -0.1) is 0 Å². The van der Waals surface area contributed by atoms with Gasteiger partial charge in [0.05, 0.1) is 18.1 Å². The molecule has 5 nitrogen and oxygen atoms in total. The summed E-state index contributed by atoms with van der Waals surface area (Å²) in [6, 6.07) is 0. The van der Waals surface area contributed by atoms with Crippen LogP contribution in [-0.2, 0) is 14.3 Å². The molecule has 25 heavy (non-hydrogen) atoms. The summed E-state index contributed by atoms with van der Waals surface area (Å²) < 4.78 is 11.9. The first-order valence-electron chi connectivity index (χ1n) is 10.2. The van der Waals surface area contributed by atoms with E-state index < -0.39 is 0 Å². The van der Waals surface area contributed by atoms with Crippen molar-refractivity contribution in [2.24, 2.45) is 23.2 Å². The molecule has 0 aromatic rings. The number of hydrogen-bond acceptors (Lipinski definition) is 5. The van der Waals surface area contributed by atoms with Crippen LogP contribution in [0.15, 0.2) is 0 Å². The summed E-state index contributed by atoms with van der Waals surface area (Å²) in [7, 11) is 2.18. The number of hydrogen-bond donors (Lipinski definition) is 0. The van der Waals surface area contributed by atoms with Gasteiger partial charge in [-0.05, 0) is 50.5 Å². The molecule has 6 atom stereocenters. The summed E-state index contributed by atoms with van der Waals surface area (Å²) in [5, 5.41) is 0. The van der Waals surface area contributed by atoms with Crippen LogP contribution < -0.4 is 0 Å². The number of piperazine rings is 1. The van der Waals surface area contributed by atoms with E-state index in [1.54, 1.807) is 0 Å². The Balaban J connectivity index is 1.33. The van der Waals surface area contributed by atoms with Crippen molar-refractivity contribution in [2.45, 2.75) is 50.7 Å². The molecule has 5 aliphatic rings. The number of fused-ring (bicyclic) bond motifs is 3. The minimum atomic E-state index is 0.0712. The van der Waals surface area contributed by atoms with E-state index in [2.05, 4.69) is 23.8 Å². The first-order valence-corrected chi connectivity index (χ1v) is 10.2. The Bertz CT molecular complexity index is 555. The smallest absolute Gasteiger partial charge is 0.310 e. The Morgan fingerprint density at radius 2 is 1.96 bits per heavy atom. The molecule has 2 saturated carbocycles. The van der Waals surface area contributed by atoms with Crippen LogP contribution in [0.1, 0.15) is 39.0 Å². The van der Waals surface area contributed by atoms with Crippen LogP contribution in [0.4, 0.5) is 0 Å². The van der Waals surface area contributed by atoms with Crippen molar-refractivity contribution in [3.05, 3.63) is 0 Å².